The highest BCUT2D eigenvalue weighted by Gasteiger charge is 2.19. The van der Waals surface area contributed by atoms with Crippen molar-refractivity contribution in [3.63, 3.8) is 0 Å². The second kappa shape index (κ2) is 7.50. The van der Waals surface area contributed by atoms with Gasteiger partial charge in [0.25, 0.3) is 0 Å². The number of nitrogens with one attached hydrogen (secondary N) is 2. The topological polar surface area (TPSA) is 92.8 Å². The Labute approximate surface area is 154 Å². The van der Waals surface area contributed by atoms with Crippen LogP contribution in [0.3, 0.4) is 0 Å². The number of aromatic nitrogens is 4. The van der Waals surface area contributed by atoms with Crippen molar-refractivity contribution in [2.45, 2.75) is 24.7 Å². The monoisotopic (exact) mass is 401 g/mol. The zero-order valence-electron chi connectivity index (χ0n) is 13.7. The van der Waals surface area contributed by atoms with Gasteiger partial charge in [-0.05, 0) is 19.1 Å². The lowest BCUT2D eigenvalue weighted by Crippen LogP contribution is -2.12. The van der Waals surface area contributed by atoms with Crippen LogP contribution in [-0.2, 0) is 17.4 Å². The third-order valence-electron chi connectivity index (χ3n) is 3.58. The van der Waals surface area contributed by atoms with Crippen molar-refractivity contribution in [3.8, 4) is 5.88 Å². The van der Waals surface area contributed by atoms with Crippen LogP contribution in [0, 0.1) is 6.92 Å². The highest BCUT2D eigenvalue weighted by molar-refractivity contribution is 7.86. The van der Waals surface area contributed by atoms with Crippen molar-refractivity contribution in [1.82, 2.24) is 19.9 Å². The SMILES string of the molecule is COc1nc(NS(=O)c2c[nH]c3nc(Cl)ccc23)nc(C)c1CC(F)F. The van der Waals surface area contributed by atoms with Crippen LogP contribution in [0.5, 0.6) is 5.88 Å². The predicted octanol–water partition coefficient (Wildman–Crippen LogP) is 3.27. The summed E-state index contributed by atoms with van der Waals surface area (Å²) in [5, 5.41) is 0.932. The molecule has 0 spiro atoms. The van der Waals surface area contributed by atoms with E-state index in [-0.39, 0.29) is 17.4 Å². The van der Waals surface area contributed by atoms with Crippen molar-refractivity contribution in [2.24, 2.45) is 0 Å². The number of halogens is 3. The van der Waals surface area contributed by atoms with Crippen molar-refractivity contribution in [2.75, 3.05) is 11.8 Å². The number of methoxy groups -OCH3 is 1. The van der Waals surface area contributed by atoms with E-state index in [0.29, 0.717) is 26.8 Å². The molecule has 0 radical (unpaired) electrons. The van der Waals surface area contributed by atoms with E-state index >= 15 is 0 Å². The van der Waals surface area contributed by atoms with Crippen LogP contribution in [0.4, 0.5) is 14.7 Å². The highest BCUT2D eigenvalue weighted by Crippen LogP contribution is 2.25. The summed E-state index contributed by atoms with van der Waals surface area (Å²) in [6, 6.07) is 3.27. The fraction of sp³-hybridized carbons (Fsp3) is 0.267. The van der Waals surface area contributed by atoms with Crippen molar-refractivity contribution >= 4 is 39.6 Å². The van der Waals surface area contributed by atoms with Crippen LogP contribution < -0.4 is 9.46 Å². The third kappa shape index (κ3) is 3.75. The second-order valence-corrected chi connectivity index (χ2v) is 6.84. The summed E-state index contributed by atoms with van der Waals surface area (Å²) >= 11 is 5.83. The summed E-state index contributed by atoms with van der Waals surface area (Å²) in [7, 11) is -0.387. The van der Waals surface area contributed by atoms with Gasteiger partial charge in [0.05, 0.1) is 17.7 Å². The fourth-order valence-corrected chi connectivity index (χ4v) is 3.47. The molecular weight excluding hydrogens is 388 g/mol. The first-order valence-electron chi connectivity index (χ1n) is 7.40. The molecular formula is C15H14ClF2N5O2S. The van der Waals surface area contributed by atoms with Gasteiger partial charge in [-0.25, -0.2) is 23.0 Å². The number of aryl methyl sites for hydroxylation is 1. The minimum Gasteiger partial charge on any atom is -0.481 e. The van der Waals surface area contributed by atoms with Crippen LogP contribution in [0.25, 0.3) is 11.0 Å². The maximum Gasteiger partial charge on any atom is 0.242 e. The van der Waals surface area contributed by atoms with Gasteiger partial charge in [-0.15, -0.1) is 0 Å². The van der Waals surface area contributed by atoms with E-state index in [0.717, 1.165) is 0 Å². The Balaban J connectivity index is 1.90. The molecule has 0 saturated carbocycles. The van der Waals surface area contributed by atoms with Gasteiger partial charge in [-0.2, -0.15) is 4.98 Å². The second-order valence-electron chi connectivity index (χ2n) is 5.27. The van der Waals surface area contributed by atoms with Gasteiger partial charge < -0.3 is 9.72 Å². The first kappa shape index (κ1) is 18.5. The van der Waals surface area contributed by atoms with E-state index in [9.17, 15) is 13.0 Å². The number of hydrogen-bond donors (Lipinski definition) is 2. The molecule has 0 fully saturated rings. The number of nitrogens with zero attached hydrogens (tertiary/aromatic N) is 3. The summed E-state index contributed by atoms with van der Waals surface area (Å²) in [6.45, 7) is 1.56. The van der Waals surface area contributed by atoms with Gasteiger partial charge >= 0.3 is 0 Å². The quantitative estimate of drug-likeness (QED) is 0.618. The molecule has 1 unspecified atom stereocenters. The Morgan fingerprint density at radius 3 is 2.81 bits per heavy atom. The summed E-state index contributed by atoms with van der Waals surface area (Å²) in [6.07, 6.45) is -1.54. The predicted molar refractivity (Wildman–Crippen MR) is 94.2 cm³/mol. The lowest BCUT2D eigenvalue weighted by molar-refractivity contribution is 0.147. The summed E-state index contributed by atoms with van der Waals surface area (Å²) in [5.41, 5.74) is 1.03. The van der Waals surface area contributed by atoms with E-state index in [1.807, 2.05) is 0 Å². The average molecular weight is 402 g/mol. The zero-order chi connectivity index (χ0) is 18.8. The van der Waals surface area contributed by atoms with Gasteiger partial charge in [0.15, 0.2) is 11.0 Å². The van der Waals surface area contributed by atoms with Crippen LogP contribution in [0.1, 0.15) is 11.3 Å². The maximum atomic E-state index is 12.7. The molecule has 138 valence electrons. The normalized spacial score (nSPS) is 12.5. The lowest BCUT2D eigenvalue weighted by atomic mass is 10.2. The number of ether oxygens (including phenoxy) is 1. The van der Waals surface area contributed by atoms with E-state index in [1.165, 1.54) is 13.3 Å². The largest absolute Gasteiger partial charge is 0.481 e. The first-order chi connectivity index (χ1) is 12.4. The molecule has 0 amide bonds. The maximum absolute atomic E-state index is 12.7. The third-order valence-corrected chi connectivity index (χ3v) is 4.89. The van der Waals surface area contributed by atoms with E-state index in [2.05, 4.69) is 24.7 Å². The van der Waals surface area contributed by atoms with E-state index in [4.69, 9.17) is 16.3 Å². The Bertz CT molecular complexity index is 982. The number of rotatable bonds is 6. The van der Waals surface area contributed by atoms with Crippen LogP contribution in [0.15, 0.2) is 23.2 Å². The zero-order valence-corrected chi connectivity index (χ0v) is 15.3. The van der Waals surface area contributed by atoms with Crippen molar-refractivity contribution < 1.29 is 17.7 Å². The van der Waals surface area contributed by atoms with Gasteiger partial charge in [-0.3, -0.25) is 4.72 Å². The minimum atomic E-state index is -2.55. The molecule has 0 aliphatic heterocycles. The molecule has 3 heterocycles. The Hall–Kier alpha value is -2.33. The molecule has 0 bridgehead atoms. The number of alkyl halides is 2. The molecule has 3 rings (SSSR count). The number of fused-ring (bicyclic) bond motifs is 1. The summed E-state index contributed by atoms with van der Waals surface area (Å²) < 4.78 is 45.7. The van der Waals surface area contributed by atoms with Crippen molar-refractivity contribution in [3.05, 3.63) is 34.7 Å². The average Bonchev–Trinajstić information content (AvgIpc) is 2.99. The molecule has 26 heavy (non-hydrogen) atoms. The summed E-state index contributed by atoms with van der Waals surface area (Å²) in [5.74, 6) is 0.0247. The van der Waals surface area contributed by atoms with Gasteiger partial charge in [0.2, 0.25) is 18.3 Å². The summed E-state index contributed by atoms with van der Waals surface area (Å²) in [4.78, 5) is 15.5. The number of aromatic amines is 1. The number of hydrogen-bond acceptors (Lipinski definition) is 5. The van der Waals surface area contributed by atoms with Crippen LogP contribution >= 0.6 is 11.6 Å². The Kier molecular flexibility index (Phi) is 5.33. The van der Waals surface area contributed by atoms with E-state index < -0.39 is 23.8 Å². The molecule has 1 atom stereocenters. The highest BCUT2D eigenvalue weighted by atomic mass is 35.5. The molecule has 11 heteroatoms. The number of H-pyrrole nitrogens is 1. The standard InChI is InChI=1S/C15H14ClF2N5O2S/c1-7-9(5-12(17)18)14(25-2)22-15(20-7)23-26(24)10-6-19-13-8(10)3-4-11(16)21-13/h3-4,6,12H,5H2,1-2H3,(H,19,21)(H,20,22,23). The fourth-order valence-electron chi connectivity index (χ4n) is 2.42. The minimum absolute atomic E-state index is 0.00646. The van der Waals surface area contributed by atoms with Crippen molar-refractivity contribution in [1.29, 1.82) is 0 Å². The smallest absolute Gasteiger partial charge is 0.242 e. The number of anilines is 1. The first-order valence-corrected chi connectivity index (χ1v) is 8.93. The molecule has 0 aliphatic rings. The Morgan fingerprint density at radius 1 is 1.35 bits per heavy atom. The van der Waals surface area contributed by atoms with Crippen LogP contribution in [0.2, 0.25) is 5.15 Å². The van der Waals surface area contributed by atoms with E-state index in [1.54, 1.807) is 19.1 Å². The lowest BCUT2D eigenvalue weighted by Gasteiger charge is -2.12. The molecule has 3 aromatic rings. The molecule has 0 saturated heterocycles. The van der Waals surface area contributed by atoms with Gasteiger partial charge in [0, 0.05) is 23.6 Å². The van der Waals surface area contributed by atoms with Gasteiger partial charge in [-0.1, -0.05) is 11.6 Å². The molecule has 3 aromatic heterocycles. The molecule has 0 aromatic carbocycles. The molecule has 7 nitrogen and oxygen atoms in total. The Morgan fingerprint density at radius 2 is 2.12 bits per heavy atom. The molecule has 2 N–H and O–H groups in total. The number of pyridine rings is 1. The van der Waals surface area contributed by atoms with Crippen LogP contribution in [-0.4, -0.2) is 37.7 Å². The van der Waals surface area contributed by atoms with Gasteiger partial charge in [0.1, 0.15) is 10.8 Å². The molecule has 0 aliphatic carbocycles.